The number of nitrogens with one attached hydrogen (secondary N) is 1. The number of halogens is 1. The number of aromatic amines is 1. The van der Waals surface area contributed by atoms with Crippen LogP contribution in [0.3, 0.4) is 0 Å². The predicted molar refractivity (Wildman–Crippen MR) is 125 cm³/mol. The van der Waals surface area contributed by atoms with Gasteiger partial charge in [0.1, 0.15) is 5.82 Å². The summed E-state index contributed by atoms with van der Waals surface area (Å²) in [5, 5.41) is 0.0689. The molecule has 0 aliphatic carbocycles. The predicted octanol–water partition coefficient (Wildman–Crippen LogP) is 3.54. The number of carbonyl (C=O) groups is 3. The third kappa shape index (κ3) is 3.83. The largest absolute Gasteiger partial charge is 0.360 e. The Bertz CT molecular complexity index is 1380. The number of Topliss-reactive ketones (excluding diaryl/α,β-unsaturated/α-hetero) is 1. The van der Waals surface area contributed by atoms with Crippen molar-refractivity contribution in [3.63, 3.8) is 0 Å². The Morgan fingerprint density at radius 2 is 1.56 bits per heavy atom. The maximum atomic E-state index is 14.8. The molecule has 0 atom stereocenters. The van der Waals surface area contributed by atoms with Crippen molar-refractivity contribution in [3.8, 4) is 11.3 Å². The highest BCUT2D eigenvalue weighted by atomic mass is 19.1. The molecule has 2 aromatic heterocycles. The standard InChI is InChI=1S/C26H21FN4O3/c27-20-10-9-18(21-8-4-5-11-28-21)23-22(20)19(16-29-23)24(32)26(34)31-14-12-30(13-15-31)25(33)17-6-2-1-3-7-17/h1-11,16,29H,12-15H2. The number of aromatic nitrogens is 2. The van der Waals surface area contributed by atoms with Crippen molar-refractivity contribution >= 4 is 28.5 Å². The molecule has 1 N–H and O–H groups in total. The third-order valence-electron chi connectivity index (χ3n) is 6.04. The lowest BCUT2D eigenvalue weighted by molar-refractivity contribution is -0.127. The van der Waals surface area contributed by atoms with Gasteiger partial charge in [0.05, 0.1) is 16.8 Å². The van der Waals surface area contributed by atoms with E-state index in [0.717, 1.165) is 0 Å². The fourth-order valence-electron chi connectivity index (χ4n) is 4.26. The summed E-state index contributed by atoms with van der Waals surface area (Å²) in [7, 11) is 0. The molecule has 7 nitrogen and oxygen atoms in total. The van der Waals surface area contributed by atoms with E-state index in [1.807, 2.05) is 12.1 Å². The van der Waals surface area contributed by atoms with Crippen molar-refractivity contribution in [2.75, 3.05) is 26.2 Å². The lowest BCUT2D eigenvalue weighted by Gasteiger charge is -2.34. The number of H-pyrrole nitrogens is 1. The molecule has 4 aromatic rings. The second-order valence-electron chi connectivity index (χ2n) is 8.04. The maximum Gasteiger partial charge on any atom is 0.295 e. The summed E-state index contributed by atoms with van der Waals surface area (Å²) >= 11 is 0. The average Bonchev–Trinajstić information content (AvgIpc) is 3.35. The van der Waals surface area contributed by atoms with E-state index in [1.54, 1.807) is 53.6 Å². The molecule has 34 heavy (non-hydrogen) atoms. The minimum absolute atomic E-state index is 0.0157. The molecular formula is C26H21FN4O3. The second-order valence-corrected chi connectivity index (χ2v) is 8.04. The molecule has 0 unspecified atom stereocenters. The molecular weight excluding hydrogens is 435 g/mol. The molecule has 0 saturated carbocycles. The van der Waals surface area contributed by atoms with E-state index in [1.165, 1.54) is 17.2 Å². The highest BCUT2D eigenvalue weighted by molar-refractivity contribution is 6.45. The minimum atomic E-state index is -0.786. The molecule has 1 fully saturated rings. The first kappa shape index (κ1) is 21.5. The number of rotatable bonds is 4. The van der Waals surface area contributed by atoms with E-state index in [4.69, 9.17) is 0 Å². The Kier molecular flexibility index (Phi) is 5.63. The normalized spacial score (nSPS) is 13.8. The van der Waals surface area contributed by atoms with Crippen LogP contribution in [0, 0.1) is 5.82 Å². The van der Waals surface area contributed by atoms with Gasteiger partial charge in [0, 0.05) is 55.1 Å². The molecule has 3 heterocycles. The van der Waals surface area contributed by atoms with Crippen LogP contribution in [0.2, 0.25) is 0 Å². The van der Waals surface area contributed by atoms with Gasteiger partial charge in [0.25, 0.3) is 17.6 Å². The first-order valence-corrected chi connectivity index (χ1v) is 10.9. The van der Waals surface area contributed by atoms with Crippen LogP contribution in [-0.2, 0) is 4.79 Å². The highest BCUT2D eigenvalue weighted by Crippen LogP contribution is 2.31. The Morgan fingerprint density at radius 3 is 2.26 bits per heavy atom. The van der Waals surface area contributed by atoms with Gasteiger partial charge in [0.15, 0.2) is 0 Å². The lowest BCUT2D eigenvalue weighted by atomic mass is 10.0. The Labute approximate surface area is 194 Å². The summed E-state index contributed by atoms with van der Waals surface area (Å²) in [4.78, 5) is 49.0. The number of hydrogen-bond donors (Lipinski definition) is 1. The summed E-state index contributed by atoms with van der Waals surface area (Å²) in [6.45, 7) is 1.10. The van der Waals surface area contributed by atoms with Crippen molar-refractivity contribution in [3.05, 3.63) is 90.0 Å². The van der Waals surface area contributed by atoms with E-state index < -0.39 is 17.5 Å². The van der Waals surface area contributed by atoms with Crippen molar-refractivity contribution in [2.45, 2.75) is 0 Å². The summed E-state index contributed by atoms with van der Waals surface area (Å²) in [6, 6.07) is 17.2. The van der Waals surface area contributed by atoms with Crippen LogP contribution in [0.15, 0.2) is 73.1 Å². The van der Waals surface area contributed by atoms with E-state index in [0.29, 0.717) is 35.4 Å². The first-order valence-electron chi connectivity index (χ1n) is 10.9. The molecule has 1 aliphatic heterocycles. The van der Waals surface area contributed by atoms with Crippen LogP contribution < -0.4 is 0 Å². The summed E-state index contributed by atoms with van der Waals surface area (Å²) < 4.78 is 14.8. The molecule has 8 heteroatoms. The minimum Gasteiger partial charge on any atom is -0.360 e. The fourth-order valence-corrected chi connectivity index (χ4v) is 4.26. The quantitative estimate of drug-likeness (QED) is 0.376. The number of nitrogens with zero attached hydrogens (tertiary/aromatic N) is 3. The van der Waals surface area contributed by atoms with Crippen molar-refractivity contribution < 1.29 is 18.8 Å². The van der Waals surface area contributed by atoms with E-state index in [2.05, 4.69) is 9.97 Å². The van der Waals surface area contributed by atoms with Gasteiger partial charge in [-0.25, -0.2) is 4.39 Å². The number of ketones is 1. The van der Waals surface area contributed by atoms with Crippen LogP contribution in [0.5, 0.6) is 0 Å². The van der Waals surface area contributed by atoms with Gasteiger partial charge in [-0.2, -0.15) is 0 Å². The van der Waals surface area contributed by atoms with Gasteiger partial charge in [-0.15, -0.1) is 0 Å². The van der Waals surface area contributed by atoms with E-state index in [-0.39, 0.29) is 29.9 Å². The molecule has 170 valence electrons. The Hall–Kier alpha value is -4.33. The lowest BCUT2D eigenvalue weighted by Crippen LogP contribution is -2.52. The first-order chi connectivity index (χ1) is 16.5. The number of benzene rings is 2. The van der Waals surface area contributed by atoms with Crippen LogP contribution >= 0.6 is 0 Å². The topological polar surface area (TPSA) is 86.4 Å². The monoisotopic (exact) mass is 456 g/mol. The van der Waals surface area contributed by atoms with E-state index in [9.17, 15) is 18.8 Å². The van der Waals surface area contributed by atoms with Crippen LogP contribution in [0.1, 0.15) is 20.7 Å². The number of amides is 2. The smallest absolute Gasteiger partial charge is 0.295 e. The van der Waals surface area contributed by atoms with Gasteiger partial charge in [-0.05, 0) is 36.4 Å². The molecule has 1 aliphatic rings. The summed E-state index contributed by atoms with van der Waals surface area (Å²) in [5.41, 5.74) is 2.23. The number of carbonyl (C=O) groups excluding carboxylic acids is 3. The summed E-state index contributed by atoms with van der Waals surface area (Å²) in [5.74, 6) is -2.20. The summed E-state index contributed by atoms with van der Waals surface area (Å²) in [6.07, 6.45) is 3.00. The van der Waals surface area contributed by atoms with Gasteiger partial charge >= 0.3 is 0 Å². The number of piperazine rings is 1. The van der Waals surface area contributed by atoms with Crippen molar-refractivity contribution in [2.24, 2.45) is 0 Å². The molecule has 5 rings (SSSR count). The van der Waals surface area contributed by atoms with Crippen LogP contribution in [-0.4, -0.2) is 63.5 Å². The molecule has 2 amide bonds. The number of pyridine rings is 1. The molecule has 1 saturated heterocycles. The zero-order chi connectivity index (χ0) is 23.7. The molecule has 0 radical (unpaired) electrons. The van der Waals surface area contributed by atoms with Crippen LogP contribution in [0.4, 0.5) is 4.39 Å². The SMILES string of the molecule is O=C(C(=O)N1CCN(C(=O)c2ccccc2)CC1)c1c[nH]c2c(-c3ccccn3)ccc(F)c12. The zero-order valence-corrected chi connectivity index (χ0v) is 18.2. The van der Waals surface area contributed by atoms with Crippen LogP contribution in [0.25, 0.3) is 22.2 Å². The van der Waals surface area contributed by atoms with Crippen molar-refractivity contribution in [1.29, 1.82) is 0 Å². The van der Waals surface area contributed by atoms with Gasteiger partial charge in [-0.3, -0.25) is 19.4 Å². The van der Waals surface area contributed by atoms with Gasteiger partial charge < -0.3 is 14.8 Å². The third-order valence-corrected chi connectivity index (χ3v) is 6.04. The van der Waals surface area contributed by atoms with Crippen molar-refractivity contribution in [1.82, 2.24) is 19.8 Å². The highest BCUT2D eigenvalue weighted by Gasteiger charge is 2.31. The Balaban J connectivity index is 1.35. The molecule has 2 aromatic carbocycles. The molecule has 0 bridgehead atoms. The van der Waals surface area contributed by atoms with Gasteiger partial charge in [-0.1, -0.05) is 24.3 Å². The van der Waals surface area contributed by atoms with Gasteiger partial charge in [0.2, 0.25) is 0 Å². The number of fused-ring (bicyclic) bond motifs is 1. The maximum absolute atomic E-state index is 14.8. The number of hydrogen-bond acceptors (Lipinski definition) is 4. The Morgan fingerprint density at radius 1 is 0.853 bits per heavy atom. The average molecular weight is 456 g/mol. The second kappa shape index (κ2) is 8.90. The fraction of sp³-hybridized carbons (Fsp3) is 0.154. The van der Waals surface area contributed by atoms with E-state index >= 15 is 0 Å². The molecule has 0 spiro atoms. The zero-order valence-electron chi connectivity index (χ0n) is 18.2.